The molecule has 2 aromatic heterocycles. The zero-order valence-electron chi connectivity index (χ0n) is 17.9. The second-order valence-corrected chi connectivity index (χ2v) is 8.96. The van der Waals surface area contributed by atoms with Crippen LogP contribution in [0.4, 0.5) is 0 Å². The quantitative estimate of drug-likeness (QED) is 0.584. The van der Waals surface area contributed by atoms with E-state index in [0.29, 0.717) is 30.2 Å². The van der Waals surface area contributed by atoms with Crippen LogP contribution in [0.3, 0.4) is 0 Å². The normalized spacial score (nSPS) is 16.9. The van der Waals surface area contributed by atoms with Gasteiger partial charge in [0.1, 0.15) is 11.5 Å². The number of aromatic nitrogens is 1. The van der Waals surface area contributed by atoms with E-state index in [9.17, 15) is 9.59 Å². The number of nitrogens with one attached hydrogen (secondary N) is 2. The van der Waals surface area contributed by atoms with Crippen molar-refractivity contribution in [2.45, 2.75) is 39.2 Å². The molecule has 0 saturated carbocycles. The molecular formula is C24H28ClN3O3. The number of furan rings is 1. The minimum atomic E-state index is -0.0912. The average Bonchev–Trinajstić information content (AvgIpc) is 3.42. The fraction of sp³-hybridized carbons (Fsp3) is 0.417. The fourth-order valence-corrected chi connectivity index (χ4v) is 4.54. The predicted octanol–water partition coefficient (Wildman–Crippen LogP) is 4.65. The first-order chi connectivity index (χ1) is 14.9. The van der Waals surface area contributed by atoms with Crippen molar-refractivity contribution in [2.24, 2.45) is 11.8 Å². The van der Waals surface area contributed by atoms with E-state index in [4.69, 9.17) is 16.0 Å². The van der Waals surface area contributed by atoms with Gasteiger partial charge in [0.25, 0.3) is 5.91 Å². The summed E-state index contributed by atoms with van der Waals surface area (Å²) in [6.45, 7) is 5.28. The number of hydrogen-bond donors (Lipinski definition) is 2. The van der Waals surface area contributed by atoms with Crippen LogP contribution < -0.4 is 5.32 Å². The molecular weight excluding hydrogens is 414 g/mol. The molecule has 0 aliphatic carbocycles. The Balaban J connectivity index is 1.29. The highest BCUT2D eigenvalue weighted by Gasteiger charge is 2.31. The van der Waals surface area contributed by atoms with Crippen molar-refractivity contribution in [3.05, 3.63) is 59.1 Å². The first kappa shape index (κ1) is 21.5. The van der Waals surface area contributed by atoms with E-state index in [1.165, 1.54) is 0 Å². The predicted molar refractivity (Wildman–Crippen MR) is 121 cm³/mol. The van der Waals surface area contributed by atoms with E-state index in [-0.39, 0.29) is 29.7 Å². The summed E-state index contributed by atoms with van der Waals surface area (Å²) in [6, 6.07) is 11.2. The van der Waals surface area contributed by atoms with E-state index >= 15 is 0 Å². The Morgan fingerprint density at radius 1 is 1.23 bits per heavy atom. The number of hydrogen-bond acceptors (Lipinski definition) is 3. The molecule has 1 aliphatic heterocycles. The second-order valence-electron chi connectivity index (χ2n) is 8.53. The Bertz CT molecular complexity index is 1050. The van der Waals surface area contributed by atoms with E-state index in [1.807, 2.05) is 55.1 Å². The molecule has 2 atom stereocenters. The minimum Gasteiger partial charge on any atom is -0.469 e. The number of nitrogens with zero attached hydrogens (tertiary/aromatic N) is 1. The molecule has 31 heavy (non-hydrogen) atoms. The van der Waals surface area contributed by atoms with Crippen molar-refractivity contribution in [2.75, 3.05) is 13.1 Å². The van der Waals surface area contributed by atoms with Crippen LogP contribution in [0.15, 0.2) is 47.1 Å². The number of piperidine rings is 1. The van der Waals surface area contributed by atoms with Gasteiger partial charge in [0.05, 0.1) is 6.26 Å². The number of fused-ring (bicyclic) bond motifs is 1. The van der Waals surface area contributed by atoms with Crippen molar-refractivity contribution >= 4 is 34.3 Å². The molecule has 2 amide bonds. The maximum atomic E-state index is 12.9. The van der Waals surface area contributed by atoms with Gasteiger partial charge in [-0.25, -0.2) is 0 Å². The lowest BCUT2D eigenvalue weighted by atomic mass is 9.84. The zero-order chi connectivity index (χ0) is 22.0. The topological polar surface area (TPSA) is 78.3 Å². The van der Waals surface area contributed by atoms with Gasteiger partial charge in [0.2, 0.25) is 5.91 Å². The van der Waals surface area contributed by atoms with Crippen LogP contribution in [0.1, 0.15) is 42.9 Å². The summed E-state index contributed by atoms with van der Waals surface area (Å²) in [7, 11) is 0. The number of benzene rings is 1. The molecule has 0 spiro atoms. The van der Waals surface area contributed by atoms with Gasteiger partial charge in [0, 0.05) is 47.4 Å². The first-order valence-electron chi connectivity index (χ1n) is 10.8. The molecule has 2 N–H and O–H groups in total. The summed E-state index contributed by atoms with van der Waals surface area (Å²) < 4.78 is 5.36. The fourth-order valence-electron chi connectivity index (χ4n) is 4.36. The highest BCUT2D eigenvalue weighted by Crippen LogP contribution is 2.27. The Morgan fingerprint density at radius 2 is 2.00 bits per heavy atom. The molecule has 0 radical (unpaired) electrons. The van der Waals surface area contributed by atoms with Gasteiger partial charge in [0.15, 0.2) is 0 Å². The number of H-pyrrole nitrogens is 1. The van der Waals surface area contributed by atoms with Crippen molar-refractivity contribution < 1.29 is 14.0 Å². The van der Waals surface area contributed by atoms with Gasteiger partial charge in [-0.15, -0.1) is 0 Å². The van der Waals surface area contributed by atoms with Crippen molar-refractivity contribution in [1.29, 1.82) is 0 Å². The maximum Gasteiger partial charge on any atom is 0.270 e. The average molecular weight is 442 g/mol. The third-order valence-corrected chi connectivity index (χ3v) is 6.47. The molecule has 1 fully saturated rings. The summed E-state index contributed by atoms with van der Waals surface area (Å²) >= 11 is 6.05. The lowest BCUT2D eigenvalue weighted by Gasteiger charge is -2.34. The minimum absolute atomic E-state index is 0.00468. The van der Waals surface area contributed by atoms with Gasteiger partial charge in [-0.05, 0) is 62.1 Å². The van der Waals surface area contributed by atoms with Crippen LogP contribution in [0.2, 0.25) is 5.02 Å². The number of carbonyl (C=O) groups is 2. The zero-order valence-corrected chi connectivity index (χ0v) is 18.6. The Kier molecular flexibility index (Phi) is 6.37. The van der Waals surface area contributed by atoms with Gasteiger partial charge in [-0.1, -0.05) is 18.5 Å². The van der Waals surface area contributed by atoms with E-state index in [1.54, 1.807) is 6.26 Å². The second kappa shape index (κ2) is 9.18. The SMILES string of the molecule is C[C@@H](Cc1ccco1)NC(=O)[C@H](C)C1CCN(C(=O)c2cc3cc(Cl)ccc3[nH]2)CC1. The molecule has 3 aromatic rings. The van der Waals surface area contributed by atoms with Gasteiger partial charge in [-0.3, -0.25) is 9.59 Å². The smallest absolute Gasteiger partial charge is 0.270 e. The molecule has 1 aromatic carbocycles. The molecule has 1 saturated heterocycles. The molecule has 0 bridgehead atoms. The van der Waals surface area contributed by atoms with Crippen molar-refractivity contribution in [3.8, 4) is 0 Å². The summed E-state index contributed by atoms with van der Waals surface area (Å²) in [5.74, 6) is 1.10. The third-order valence-electron chi connectivity index (χ3n) is 6.24. The molecule has 6 nitrogen and oxygen atoms in total. The van der Waals surface area contributed by atoms with Crippen LogP contribution in [0.25, 0.3) is 10.9 Å². The highest BCUT2D eigenvalue weighted by atomic mass is 35.5. The summed E-state index contributed by atoms with van der Waals surface area (Å²) in [5, 5.41) is 4.68. The molecule has 0 unspecified atom stereocenters. The lowest BCUT2D eigenvalue weighted by molar-refractivity contribution is -0.127. The third kappa shape index (κ3) is 4.96. The largest absolute Gasteiger partial charge is 0.469 e. The summed E-state index contributed by atoms with van der Waals surface area (Å²) in [5.41, 5.74) is 1.48. The summed E-state index contributed by atoms with van der Waals surface area (Å²) in [4.78, 5) is 30.7. The number of halogens is 1. The number of carbonyl (C=O) groups excluding carboxylic acids is 2. The maximum absolute atomic E-state index is 12.9. The molecule has 1 aliphatic rings. The van der Waals surface area contributed by atoms with Crippen molar-refractivity contribution in [3.63, 3.8) is 0 Å². The lowest BCUT2D eigenvalue weighted by Crippen LogP contribution is -2.44. The van der Waals surface area contributed by atoms with E-state index in [0.717, 1.165) is 29.5 Å². The molecule has 164 valence electrons. The molecule has 7 heteroatoms. The van der Waals surface area contributed by atoms with E-state index < -0.39 is 0 Å². The summed E-state index contributed by atoms with van der Waals surface area (Å²) in [6.07, 6.45) is 3.96. The number of amides is 2. The van der Waals surface area contributed by atoms with Gasteiger partial charge < -0.3 is 19.6 Å². The molecule has 4 rings (SSSR count). The highest BCUT2D eigenvalue weighted by molar-refractivity contribution is 6.31. The van der Waals surface area contributed by atoms with Crippen LogP contribution in [-0.2, 0) is 11.2 Å². The Morgan fingerprint density at radius 3 is 2.71 bits per heavy atom. The van der Waals surface area contributed by atoms with E-state index in [2.05, 4.69) is 10.3 Å². The molecule has 3 heterocycles. The monoisotopic (exact) mass is 441 g/mol. The standard InChI is InChI=1S/C24H28ClN3O3/c1-15(12-20-4-3-11-31-20)26-23(29)16(2)17-7-9-28(10-8-17)24(30)22-14-18-13-19(25)5-6-21(18)27-22/h3-6,11,13-17,27H,7-10,12H2,1-2H3,(H,26,29)/t15-,16+/m0/s1. The van der Waals surface area contributed by atoms with Crippen LogP contribution >= 0.6 is 11.6 Å². The Hall–Kier alpha value is -2.73. The van der Waals surface area contributed by atoms with Gasteiger partial charge >= 0.3 is 0 Å². The van der Waals surface area contributed by atoms with Crippen molar-refractivity contribution in [1.82, 2.24) is 15.2 Å². The first-order valence-corrected chi connectivity index (χ1v) is 11.2. The van der Waals surface area contributed by atoms with Crippen LogP contribution in [0.5, 0.6) is 0 Å². The van der Waals surface area contributed by atoms with Gasteiger partial charge in [-0.2, -0.15) is 0 Å². The van der Waals surface area contributed by atoms with Crippen LogP contribution in [0, 0.1) is 11.8 Å². The number of aromatic amines is 1. The number of likely N-dealkylation sites (tertiary alicyclic amines) is 1. The Labute approximate surface area is 186 Å². The number of rotatable bonds is 6. The van der Waals surface area contributed by atoms with Crippen LogP contribution in [-0.4, -0.2) is 40.8 Å².